The van der Waals surface area contributed by atoms with Gasteiger partial charge in [-0.2, -0.15) is 12.6 Å². The van der Waals surface area contributed by atoms with Crippen LogP contribution < -0.4 is 5.73 Å². The Hall–Kier alpha value is -0.0200. The van der Waals surface area contributed by atoms with Gasteiger partial charge in [-0.3, -0.25) is 4.79 Å². The summed E-state index contributed by atoms with van der Waals surface area (Å²) in [6.45, 7) is 2.29. The summed E-state index contributed by atoms with van der Waals surface area (Å²) >= 11 is 4.07. The van der Waals surface area contributed by atoms with Crippen LogP contribution in [-0.2, 0) is 4.79 Å². The minimum absolute atomic E-state index is 0.178. The summed E-state index contributed by atoms with van der Waals surface area (Å²) in [5.74, 6) is 0.648. The second kappa shape index (κ2) is 22.3. The van der Waals surface area contributed by atoms with Gasteiger partial charge in [0.25, 0.3) is 0 Å². The Morgan fingerprint density at radius 3 is 1.22 bits per heavy atom. The van der Waals surface area contributed by atoms with Crippen molar-refractivity contribution >= 4 is 18.4 Å². The van der Waals surface area contributed by atoms with Gasteiger partial charge in [0.05, 0.1) is 6.04 Å². The predicted octanol–water partition coefficient (Wildman–Crippen LogP) is 7.63. The van der Waals surface area contributed by atoms with Crippen LogP contribution in [0.5, 0.6) is 0 Å². The lowest BCUT2D eigenvalue weighted by Crippen LogP contribution is -2.31. The van der Waals surface area contributed by atoms with Crippen LogP contribution in [0.4, 0.5) is 0 Å². The molecule has 0 fully saturated rings. The van der Waals surface area contributed by atoms with E-state index in [0.717, 1.165) is 6.42 Å². The molecule has 0 saturated carbocycles. The van der Waals surface area contributed by atoms with Gasteiger partial charge in [-0.1, -0.05) is 122 Å². The Kier molecular flexibility index (Phi) is 22.3. The van der Waals surface area contributed by atoms with Gasteiger partial charge < -0.3 is 5.73 Å². The van der Waals surface area contributed by atoms with Crippen LogP contribution in [0.2, 0.25) is 0 Å². The number of nitrogens with two attached hydrogens (primary N) is 1. The van der Waals surface area contributed by atoms with E-state index in [9.17, 15) is 4.79 Å². The normalized spacial score (nSPS) is 12.4. The summed E-state index contributed by atoms with van der Waals surface area (Å²) in [5.41, 5.74) is 5.67. The number of ketones is 1. The van der Waals surface area contributed by atoms with Crippen LogP contribution in [-0.4, -0.2) is 17.6 Å². The van der Waals surface area contributed by atoms with Crippen LogP contribution in [0, 0.1) is 0 Å². The number of hydrogen-bond donors (Lipinski definition) is 2. The molecule has 0 saturated heterocycles. The van der Waals surface area contributed by atoms with E-state index < -0.39 is 0 Å². The zero-order chi connectivity index (χ0) is 20.0. The van der Waals surface area contributed by atoms with Crippen LogP contribution in [0.15, 0.2) is 0 Å². The number of hydrogen-bond acceptors (Lipinski definition) is 3. The fourth-order valence-corrected chi connectivity index (χ4v) is 3.87. The minimum atomic E-state index is -0.358. The van der Waals surface area contributed by atoms with Gasteiger partial charge in [0.15, 0.2) is 0 Å². The second-order valence-corrected chi connectivity index (χ2v) is 8.73. The molecule has 1 atom stereocenters. The van der Waals surface area contributed by atoms with Gasteiger partial charge in [0, 0.05) is 12.2 Å². The molecular formula is C24H49NOS. The molecule has 0 aromatic rings. The lowest BCUT2D eigenvalue weighted by molar-refractivity contribution is -0.119. The number of Topliss-reactive ketones (excluding diaryl/α,β-unsaturated/α-hetero) is 1. The van der Waals surface area contributed by atoms with Gasteiger partial charge in [-0.25, -0.2) is 0 Å². The Morgan fingerprint density at radius 2 is 0.926 bits per heavy atom. The zero-order valence-corrected chi connectivity index (χ0v) is 19.3. The van der Waals surface area contributed by atoms with Gasteiger partial charge >= 0.3 is 0 Å². The summed E-state index contributed by atoms with van der Waals surface area (Å²) in [6, 6.07) is -0.358. The summed E-state index contributed by atoms with van der Waals surface area (Å²) in [6.07, 6.45) is 26.8. The van der Waals surface area contributed by atoms with Crippen LogP contribution >= 0.6 is 12.6 Å². The summed E-state index contributed by atoms with van der Waals surface area (Å²) < 4.78 is 0. The van der Waals surface area contributed by atoms with Gasteiger partial charge in [0.1, 0.15) is 5.78 Å². The van der Waals surface area contributed by atoms with Crippen LogP contribution in [0.1, 0.15) is 135 Å². The van der Waals surface area contributed by atoms with Crippen molar-refractivity contribution in [3.05, 3.63) is 0 Å². The van der Waals surface area contributed by atoms with Gasteiger partial charge in [-0.05, 0) is 6.42 Å². The van der Waals surface area contributed by atoms with E-state index in [0.29, 0.717) is 12.2 Å². The van der Waals surface area contributed by atoms with E-state index in [-0.39, 0.29) is 11.8 Å². The molecule has 0 aromatic heterocycles. The molecule has 0 amide bonds. The van der Waals surface area contributed by atoms with E-state index >= 15 is 0 Å². The average Bonchev–Trinajstić information content (AvgIpc) is 2.68. The van der Waals surface area contributed by atoms with Crippen molar-refractivity contribution in [2.24, 2.45) is 5.73 Å². The molecule has 0 aromatic carbocycles. The first kappa shape index (κ1) is 27.0. The molecule has 1 unspecified atom stereocenters. The molecule has 0 rings (SSSR count). The molecule has 2 nitrogen and oxygen atoms in total. The zero-order valence-electron chi connectivity index (χ0n) is 18.4. The molecule has 0 bridgehead atoms. The van der Waals surface area contributed by atoms with E-state index in [4.69, 9.17) is 5.73 Å². The molecule has 3 heteroatoms. The smallest absolute Gasteiger partial charge is 0.150 e. The Balaban J connectivity index is 3.08. The first-order valence-electron chi connectivity index (χ1n) is 12.1. The Bertz CT molecular complexity index is 309. The largest absolute Gasteiger partial charge is 0.321 e. The predicted molar refractivity (Wildman–Crippen MR) is 125 cm³/mol. The molecule has 0 heterocycles. The van der Waals surface area contributed by atoms with Crippen molar-refractivity contribution in [1.29, 1.82) is 0 Å². The van der Waals surface area contributed by atoms with Crippen molar-refractivity contribution in [1.82, 2.24) is 0 Å². The third-order valence-corrected chi connectivity index (χ3v) is 6.03. The molecule has 0 aliphatic carbocycles. The van der Waals surface area contributed by atoms with Crippen LogP contribution in [0.25, 0.3) is 0 Å². The third-order valence-electron chi connectivity index (χ3n) is 5.64. The first-order valence-corrected chi connectivity index (χ1v) is 12.7. The molecular weight excluding hydrogens is 350 g/mol. The highest BCUT2D eigenvalue weighted by Crippen LogP contribution is 2.14. The molecule has 2 N–H and O–H groups in total. The monoisotopic (exact) mass is 399 g/mol. The van der Waals surface area contributed by atoms with Crippen LogP contribution in [0.3, 0.4) is 0 Å². The minimum Gasteiger partial charge on any atom is -0.321 e. The Labute approximate surface area is 176 Å². The number of rotatable bonds is 22. The molecule has 162 valence electrons. The molecule has 0 aliphatic rings. The maximum absolute atomic E-state index is 11.6. The summed E-state index contributed by atoms with van der Waals surface area (Å²) in [7, 11) is 0. The maximum atomic E-state index is 11.6. The lowest BCUT2D eigenvalue weighted by Gasteiger charge is -2.06. The second-order valence-electron chi connectivity index (χ2n) is 8.37. The Morgan fingerprint density at radius 1 is 0.630 bits per heavy atom. The fraction of sp³-hybridized carbons (Fsp3) is 0.958. The highest BCUT2D eigenvalue weighted by molar-refractivity contribution is 7.80. The average molecular weight is 400 g/mol. The topological polar surface area (TPSA) is 43.1 Å². The van der Waals surface area contributed by atoms with Crippen molar-refractivity contribution < 1.29 is 4.79 Å². The van der Waals surface area contributed by atoms with Crippen molar-refractivity contribution in [3.63, 3.8) is 0 Å². The highest BCUT2D eigenvalue weighted by Gasteiger charge is 2.10. The summed E-state index contributed by atoms with van der Waals surface area (Å²) in [5, 5.41) is 0. The molecule has 0 aliphatic heterocycles. The van der Waals surface area contributed by atoms with Gasteiger partial charge in [0.2, 0.25) is 0 Å². The summed E-state index contributed by atoms with van der Waals surface area (Å²) in [4.78, 5) is 11.6. The quantitative estimate of drug-likeness (QED) is 0.145. The SMILES string of the molecule is CCCCCCCCCCCCCCCCCCCCCC(=O)C(N)CS. The fourth-order valence-electron chi connectivity index (χ4n) is 3.66. The standard InChI is InChI=1S/C24H49NOS/c1-2-3-4-5-6-7-8-9-10-11-12-13-14-15-16-17-18-19-20-21-24(26)23(25)22-27/h23,27H,2-22,25H2,1H3. The lowest BCUT2D eigenvalue weighted by atomic mass is 10.0. The van der Waals surface area contributed by atoms with Crippen molar-refractivity contribution in [3.8, 4) is 0 Å². The van der Waals surface area contributed by atoms with E-state index in [1.54, 1.807) is 0 Å². The molecule has 0 spiro atoms. The molecule has 27 heavy (non-hydrogen) atoms. The van der Waals surface area contributed by atoms with E-state index in [1.807, 2.05) is 0 Å². The number of carbonyl (C=O) groups excluding carboxylic acids is 1. The highest BCUT2D eigenvalue weighted by atomic mass is 32.1. The number of thiol groups is 1. The third kappa shape index (κ3) is 20.5. The van der Waals surface area contributed by atoms with Crippen molar-refractivity contribution in [2.75, 3.05) is 5.75 Å². The maximum Gasteiger partial charge on any atom is 0.150 e. The van der Waals surface area contributed by atoms with E-state index in [1.165, 1.54) is 116 Å². The molecule has 0 radical (unpaired) electrons. The first-order chi connectivity index (χ1) is 13.2. The van der Waals surface area contributed by atoms with Gasteiger partial charge in [-0.15, -0.1) is 0 Å². The number of carbonyl (C=O) groups is 1. The van der Waals surface area contributed by atoms with Crippen molar-refractivity contribution in [2.45, 2.75) is 141 Å². The number of unbranched alkanes of at least 4 members (excludes halogenated alkanes) is 18. The van der Waals surface area contributed by atoms with E-state index in [2.05, 4.69) is 19.6 Å².